The van der Waals surface area contributed by atoms with Crippen LogP contribution in [0.3, 0.4) is 0 Å². The summed E-state index contributed by atoms with van der Waals surface area (Å²) < 4.78 is 0. The molecule has 1 N–H and O–H groups in total. The van der Waals surface area contributed by atoms with Crippen molar-refractivity contribution in [3.8, 4) is 6.07 Å². The third-order valence-corrected chi connectivity index (χ3v) is 3.42. The fourth-order valence-corrected chi connectivity index (χ4v) is 2.50. The normalized spacial score (nSPS) is 11.5. The van der Waals surface area contributed by atoms with Crippen LogP contribution in [0.2, 0.25) is 0 Å². The third kappa shape index (κ3) is 7.82. The maximum atomic E-state index is 12.2. The van der Waals surface area contributed by atoms with Crippen molar-refractivity contribution in [1.82, 2.24) is 10.2 Å². The van der Waals surface area contributed by atoms with Crippen LogP contribution in [0.15, 0.2) is 42.1 Å². The van der Waals surface area contributed by atoms with Crippen LogP contribution in [0.25, 0.3) is 0 Å². The Hall–Kier alpha value is -2.28. The van der Waals surface area contributed by atoms with Gasteiger partial charge in [0.05, 0.1) is 0 Å². The van der Waals surface area contributed by atoms with Gasteiger partial charge in [-0.1, -0.05) is 58.0 Å². The van der Waals surface area contributed by atoms with Crippen LogP contribution in [0, 0.1) is 23.2 Å². The molecular weight excluding hydrogens is 298 g/mol. The fourth-order valence-electron chi connectivity index (χ4n) is 2.50. The number of amides is 1. The van der Waals surface area contributed by atoms with E-state index in [-0.39, 0.29) is 11.5 Å². The van der Waals surface area contributed by atoms with E-state index in [0.29, 0.717) is 18.4 Å². The average Bonchev–Trinajstić information content (AvgIpc) is 2.52. The van der Waals surface area contributed by atoms with Gasteiger partial charge in [-0.3, -0.25) is 4.79 Å². The SMILES string of the molecule is CC(C)CN(/C=C(/C#N)C(=O)NCCc1ccccc1)CC(C)C. The highest BCUT2D eigenvalue weighted by atomic mass is 16.1. The van der Waals surface area contributed by atoms with Gasteiger partial charge >= 0.3 is 0 Å². The maximum Gasteiger partial charge on any atom is 0.263 e. The van der Waals surface area contributed by atoms with E-state index < -0.39 is 0 Å². The predicted molar refractivity (Wildman–Crippen MR) is 98.1 cm³/mol. The van der Waals surface area contributed by atoms with Gasteiger partial charge in [0.2, 0.25) is 0 Å². The largest absolute Gasteiger partial charge is 0.376 e. The van der Waals surface area contributed by atoms with Crippen LogP contribution in [0.5, 0.6) is 0 Å². The van der Waals surface area contributed by atoms with Crippen LogP contribution in [-0.2, 0) is 11.2 Å². The number of rotatable bonds is 9. The lowest BCUT2D eigenvalue weighted by Gasteiger charge is -2.25. The topological polar surface area (TPSA) is 56.1 Å². The van der Waals surface area contributed by atoms with Gasteiger partial charge in [0, 0.05) is 25.8 Å². The average molecular weight is 327 g/mol. The van der Waals surface area contributed by atoms with E-state index in [1.807, 2.05) is 36.4 Å². The Balaban J connectivity index is 2.64. The van der Waals surface area contributed by atoms with Crippen molar-refractivity contribution in [3.05, 3.63) is 47.7 Å². The first kappa shape index (κ1) is 19.8. The second-order valence-electron chi connectivity index (χ2n) is 6.89. The van der Waals surface area contributed by atoms with Gasteiger partial charge in [-0.05, 0) is 23.8 Å². The molecule has 0 saturated heterocycles. The van der Waals surface area contributed by atoms with Gasteiger partial charge < -0.3 is 10.2 Å². The number of hydrogen-bond donors (Lipinski definition) is 1. The van der Waals surface area contributed by atoms with E-state index in [0.717, 1.165) is 19.5 Å². The summed E-state index contributed by atoms with van der Waals surface area (Å²) in [6.07, 6.45) is 2.46. The smallest absolute Gasteiger partial charge is 0.263 e. The van der Waals surface area contributed by atoms with E-state index >= 15 is 0 Å². The minimum atomic E-state index is -0.300. The zero-order valence-electron chi connectivity index (χ0n) is 15.2. The fraction of sp³-hybridized carbons (Fsp3) is 0.500. The molecule has 0 atom stereocenters. The molecule has 0 fully saturated rings. The molecule has 0 unspecified atom stereocenters. The summed E-state index contributed by atoms with van der Waals surface area (Å²) in [6, 6.07) is 12.0. The molecule has 1 aromatic rings. The zero-order chi connectivity index (χ0) is 17.9. The number of carbonyl (C=O) groups is 1. The van der Waals surface area contributed by atoms with Crippen LogP contribution in [-0.4, -0.2) is 30.4 Å². The van der Waals surface area contributed by atoms with Crippen molar-refractivity contribution in [2.75, 3.05) is 19.6 Å². The quantitative estimate of drug-likeness (QED) is 0.559. The third-order valence-electron chi connectivity index (χ3n) is 3.42. The summed E-state index contributed by atoms with van der Waals surface area (Å²) in [7, 11) is 0. The Labute approximate surface area is 146 Å². The summed E-state index contributed by atoms with van der Waals surface area (Å²) in [5.74, 6) is 0.646. The van der Waals surface area contributed by atoms with Crippen molar-refractivity contribution in [2.24, 2.45) is 11.8 Å². The lowest BCUT2D eigenvalue weighted by Crippen LogP contribution is -2.31. The monoisotopic (exact) mass is 327 g/mol. The Kier molecular flexibility index (Phi) is 8.64. The summed E-state index contributed by atoms with van der Waals surface area (Å²) in [6.45, 7) is 10.7. The van der Waals surface area contributed by atoms with Gasteiger partial charge in [-0.2, -0.15) is 5.26 Å². The molecule has 0 aliphatic carbocycles. The van der Waals surface area contributed by atoms with E-state index in [1.54, 1.807) is 6.20 Å². The van der Waals surface area contributed by atoms with E-state index in [1.165, 1.54) is 5.56 Å². The number of nitrogens with one attached hydrogen (secondary N) is 1. The Morgan fingerprint density at radius 1 is 1.17 bits per heavy atom. The van der Waals surface area contributed by atoms with Crippen molar-refractivity contribution in [3.63, 3.8) is 0 Å². The second kappa shape index (κ2) is 10.5. The Bertz CT molecular complexity index is 560. The maximum absolute atomic E-state index is 12.2. The number of nitriles is 1. The molecule has 0 aliphatic rings. The molecule has 0 aromatic heterocycles. The molecule has 0 aliphatic heterocycles. The zero-order valence-corrected chi connectivity index (χ0v) is 15.2. The van der Waals surface area contributed by atoms with Gasteiger partial charge in [0.25, 0.3) is 5.91 Å². The van der Waals surface area contributed by atoms with E-state index in [2.05, 4.69) is 37.9 Å². The van der Waals surface area contributed by atoms with Gasteiger partial charge in [-0.15, -0.1) is 0 Å². The highest BCUT2D eigenvalue weighted by Crippen LogP contribution is 2.07. The van der Waals surface area contributed by atoms with Crippen molar-refractivity contribution < 1.29 is 4.79 Å². The Morgan fingerprint density at radius 3 is 2.25 bits per heavy atom. The standard InChI is InChI=1S/C20H29N3O/c1-16(2)13-23(14-17(3)4)15-19(12-21)20(24)22-11-10-18-8-6-5-7-9-18/h5-9,15-17H,10-11,13-14H2,1-4H3,(H,22,24)/b19-15-. The highest BCUT2D eigenvalue weighted by Gasteiger charge is 2.12. The van der Waals surface area contributed by atoms with Gasteiger partial charge in [0.1, 0.15) is 11.6 Å². The summed E-state index contributed by atoms with van der Waals surface area (Å²) >= 11 is 0. The molecule has 24 heavy (non-hydrogen) atoms. The molecule has 4 nitrogen and oxygen atoms in total. The van der Waals surface area contributed by atoms with Crippen LogP contribution in [0.4, 0.5) is 0 Å². The number of nitrogens with zero attached hydrogens (tertiary/aromatic N) is 2. The molecule has 130 valence electrons. The molecule has 0 saturated carbocycles. The summed E-state index contributed by atoms with van der Waals surface area (Å²) in [5, 5.41) is 12.2. The minimum Gasteiger partial charge on any atom is -0.376 e. The molecule has 0 spiro atoms. The Morgan fingerprint density at radius 2 is 1.75 bits per heavy atom. The van der Waals surface area contributed by atoms with Crippen LogP contribution < -0.4 is 5.32 Å². The molecule has 1 amide bonds. The van der Waals surface area contributed by atoms with E-state index in [9.17, 15) is 10.1 Å². The number of carbonyl (C=O) groups excluding carboxylic acids is 1. The molecule has 1 rings (SSSR count). The summed E-state index contributed by atoms with van der Waals surface area (Å²) in [4.78, 5) is 14.3. The lowest BCUT2D eigenvalue weighted by molar-refractivity contribution is -0.117. The molecular formula is C20H29N3O. The first-order valence-corrected chi connectivity index (χ1v) is 8.60. The molecule has 4 heteroatoms. The second-order valence-corrected chi connectivity index (χ2v) is 6.89. The van der Waals surface area contributed by atoms with Crippen molar-refractivity contribution >= 4 is 5.91 Å². The number of benzene rings is 1. The van der Waals surface area contributed by atoms with Crippen molar-refractivity contribution in [1.29, 1.82) is 5.26 Å². The van der Waals surface area contributed by atoms with Gasteiger partial charge in [-0.25, -0.2) is 0 Å². The first-order chi connectivity index (χ1) is 11.4. The van der Waals surface area contributed by atoms with E-state index in [4.69, 9.17) is 0 Å². The molecule has 1 aromatic carbocycles. The predicted octanol–water partition coefficient (Wildman–Crippen LogP) is 3.37. The lowest BCUT2D eigenvalue weighted by atomic mass is 10.1. The minimum absolute atomic E-state index is 0.171. The highest BCUT2D eigenvalue weighted by molar-refractivity contribution is 5.97. The van der Waals surface area contributed by atoms with Crippen molar-refractivity contribution in [2.45, 2.75) is 34.1 Å². The van der Waals surface area contributed by atoms with Crippen LogP contribution >= 0.6 is 0 Å². The number of hydrogen-bond acceptors (Lipinski definition) is 3. The molecule has 0 radical (unpaired) electrons. The van der Waals surface area contributed by atoms with Gasteiger partial charge in [0.15, 0.2) is 0 Å². The van der Waals surface area contributed by atoms with Crippen LogP contribution in [0.1, 0.15) is 33.3 Å². The first-order valence-electron chi connectivity index (χ1n) is 8.60. The molecule has 0 heterocycles. The molecule has 0 bridgehead atoms. The summed E-state index contributed by atoms with van der Waals surface area (Å²) in [5.41, 5.74) is 1.34.